The predicted octanol–water partition coefficient (Wildman–Crippen LogP) is 1.86. The van der Waals surface area contributed by atoms with Crippen LogP contribution in [0.5, 0.6) is 0 Å². The van der Waals surface area contributed by atoms with E-state index < -0.39 is 0 Å². The van der Waals surface area contributed by atoms with Crippen LogP contribution in [0, 0.1) is 5.92 Å². The maximum Gasteiger partial charge on any atom is 0.0195 e. The Balaban J connectivity index is 1.81. The Kier molecular flexibility index (Phi) is 3.45. The molecule has 1 aliphatic heterocycles. The van der Waals surface area contributed by atoms with Crippen LogP contribution in [0.1, 0.15) is 39.5 Å². The summed E-state index contributed by atoms with van der Waals surface area (Å²) in [7, 11) is 0. The van der Waals surface area contributed by atoms with Gasteiger partial charge in [0.25, 0.3) is 0 Å². The van der Waals surface area contributed by atoms with E-state index in [0.29, 0.717) is 0 Å². The van der Waals surface area contributed by atoms with Gasteiger partial charge in [-0.15, -0.1) is 0 Å². The first kappa shape index (κ1) is 10.4. The highest BCUT2D eigenvalue weighted by molar-refractivity contribution is 4.90. The number of nitrogens with one attached hydrogen (secondary N) is 1. The fourth-order valence-corrected chi connectivity index (χ4v) is 2.95. The van der Waals surface area contributed by atoms with Crippen molar-refractivity contribution in [1.82, 2.24) is 10.2 Å². The van der Waals surface area contributed by atoms with Crippen LogP contribution in [0.25, 0.3) is 0 Å². The van der Waals surface area contributed by atoms with E-state index in [-0.39, 0.29) is 0 Å². The van der Waals surface area contributed by atoms with Crippen LogP contribution in [0.4, 0.5) is 0 Å². The molecular formula is C12H24N2. The van der Waals surface area contributed by atoms with E-state index in [1.165, 1.54) is 38.8 Å². The average molecular weight is 196 g/mol. The molecule has 3 unspecified atom stereocenters. The minimum atomic E-state index is 0.765. The van der Waals surface area contributed by atoms with Crippen molar-refractivity contribution in [2.45, 2.75) is 51.6 Å². The maximum absolute atomic E-state index is 3.59. The fourth-order valence-electron chi connectivity index (χ4n) is 2.95. The summed E-state index contributed by atoms with van der Waals surface area (Å²) in [6.45, 7) is 8.38. The fraction of sp³-hybridized carbons (Fsp3) is 1.00. The Hall–Kier alpha value is -0.0800. The molecular weight excluding hydrogens is 172 g/mol. The lowest BCUT2D eigenvalue weighted by Crippen LogP contribution is -2.54. The van der Waals surface area contributed by atoms with Crippen molar-refractivity contribution in [3.05, 3.63) is 0 Å². The molecule has 2 aliphatic rings. The zero-order valence-electron chi connectivity index (χ0n) is 9.63. The molecule has 1 N–H and O–H groups in total. The normalized spacial score (nSPS) is 39.4. The van der Waals surface area contributed by atoms with Crippen molar-refractivity contribution in [2.24, 2.45) is 5.92 Å². The molecule has 0 aromatic heterocycles. The van der Waals surface area contributed by atoms with Gasteiger partial charge in [0.15, 0.2) is 0 Å². The maximum atomic E-state index is 3.59. The Labute approximate surface area is 88.1 Å². The van der Waals surface area contributed by atoms with Crippen LogP contribution in [0.15, 0.2) is 0 Å². The highest BCUT2D eigenvalue weighted by Gasteiger charge is 2.34. The molecule has 1 saturated carbocycles. The molecule has 0 aromatic carbocycles. The van der Waals surface area contributed by atoms with Crippen LogP contribution in [0.2, 0.25) is 0 Å². The first-order chi connectivity index (χ1) is 6.81. The van der Waals surface area contributed by atoms with Gasteiger partial charge in [-0.3, -0.25) is 4.90 Å². The summed E-state index contributed by atoms with van der Waals surface area (Å²) in [6.07, 6.45) is 5.67. The highest BCUT2D eigenvalue weighted by Crippen LogP contribution is 2.33. The lowest BCUT2D eigenvalue weighted by atomic mass is 9.79. The van der Waals surface area contributed by atoms with Crippen molar-refractivity contribution in [3.8, 4) is 0 Å². The molecule has 2 rings (SSSR count). The van der Waals surface area contributed by atoms with Gasteiger partial charge in [0.1, 0.15) is 0 Å². The molecule has 0 bridgehead atoms. The summed E-state index contributed by atoms with van der Waals surface area (Å²) in [5, 5.41) is 3.59. The molecule has 2 nitrogen and oxygen atoms in total. The van der Waals surface area contributed by atoms with Gasteiger partial charge in [-0.25, -0.2) is 0 Å². The second-order valence-electron chi connectivity index (χ2n) is 5.01. The number of likely N-dealkylation sites (tertiary alicyclic amines) is 1. The molecule has 2 heteroatoms. The molecule has 14 heavy (non-hydrogen) atoms. The Morgan fingerprint density at radius 1 is 1.29 bits per heavy atom. The molecule has 1 aliphatic carbocycles. The van der Waals surface area contributed by atoms with E-state index in [0.717, 1.165) is 24.5 Å². The van der Waals surface area contributed by atoms with E-state index in [1.54, 1.807) is 0 Å². The Morgan fingerprint density at radius 2 is 2.14 bits per heavy atom. The van der Waals surface area contributed by atoms with Crippen LogP contribution < -0.4 is 5.32 Å². The summed E-state index contributed by atoms with van der Waals surface area (Å²) >= 11 is 0. The van der Waals surface area contributed by atoms with Crippen LogP contribution >= 0.6 is 0 Å². The lowest BCUT2D eigenvalue weighted by Gasteiger charge is -2.46. The van der Waals surface area contributed by atoms with Gasteiger partial charge >= 0.3 is 0 Å². The number of hydrogen-bond acceptors (Lipinski definition) is 2. The minimum Gasteiger partial charge on any atom is -0.313 e. The molecule has 0 spiro atoms. The Morgan fingerprint density at radius 3 is 2.71 bits per heavy atom. The zero-order valence-corrected chi connectivity index (χ0v) is 9.63. The van der Waals surface area contributed by atoms with Crippen molar-refractivity contribution in [2.75, 3.05) is 19.6 Å². The van der Waals surface area contributed by atoms with Gasteiger partial charge in [0.05, 0.1) is 0 Å². The zero-order chi connectivity index (χ0) is 9.97. The topological polar surface area (TPSA) is 15.3 Å². The van der Waals surface area contributed by atoms with Gasteiger partial charge in [0.2, 0.25) is 0 Å². The smallest absolute Gasteiger partial charge is 0.0195 e. The molecule has 2 fully saturated rings. The number of rotatable bonds is 3. The third kappa shape index (κ3) is 2.12. The molecule has 0 amide bonds. The number of piperidine rings is 1. The van der Waals surface area contributed by atoms with Gasteiger partial charge in [-0.1, -0.05) is 13.8 Å². The first-order valence-corrected chi connectivity index (χ1v) is 6.28. The molecule has 1 heterocycles. The molecule has 3 atom stereocenters. The van der Waals surface area contributed by atoms with E-state index in [4.69, 9.17) is 0 Å². The van der Waals surface area contributed by atoms with Gasteiger partial charge in [0, 0.05) is 18.6 Å². The van der Waals surface area contributed by atoms with Crippen LogP contribution in [0.3, 0.4) is 0 Å². The molecule has 0 radical (unpaired) electrons. The van der Waals surface area contributed by atoms with Crippen molar-refractivity contribution in [1.29, 1.82) is 0 Å². The number of hydrogen-bond donors (Lipinski definition) is 1. The van der Waals surface area contributed by atoms with Gasteiger partial charge in [-0.05, 0) is 44.7 Å². The largest absolute Gasteiger partial charge is 0.313 e. The molecule has 1 saturated heterocycles. The molecule has 0 aromatic rings. The quantitative estimate of drug-likeness (QED) is 0.741. The summed E-state index contributed by atoms with van der Waals surface area (Å²) < 4.78 is 0. The van der Waals surface area contributed by atoms with Crippen LogP contribution in [-0.2, 0) is 0 Å². The monoisotopic (exact) mass is 196 g/mol. The second kappa shape index (κ2) is 4.63. The van der Waals surface area contributed by atoms with E-state index in [1.807, 2.05) is 0 Å². The van der Waals surface area contributed by atoms with Gasteiger partial charge in [-0.2, -0.15) is 0 Å². The summed E-state index contributed by atoms with van der Waals surface area (Å²) in [4.78, 5) is 2.73. The third-order valence-electron chi connectivity index (χ3n) is 3.99. The summed E-state index contributed by atoms with van der Waals surface area (Å²) in [5.74, 6) is 0.954. The lowest BCUT2D eigenvalue weighted by molar-refractivity contribution is 0.0446. The number of nitrogens with zero attached hydrogens (tertiary/aromatic N) is 1. The SMILES string of the molecule is CCNC1CCCN(C2CCC2C)C1. The highest BCUT2D eigenvalue weighted by atomic mass is 15.2. The van der Waals surface area contributed by atoms with Crippen molar-refractivity contribution >= 4 is 0 Å². The summed E-state index contributed by atoms with van der Waals surface area (Å²) in [5.41, 5.74) is 0. The van der Waals surface area contributed by atoms with E-state index in [9.17, 15) is 0 Å². The van der Waals surface area contributed by atoms with Crippen LogP contribution in [-0.4, -0.2) is 36.6 Å². The third-order valence-corrected chi connectivity index (χ3v) is 3.99. The van der Waals surface area contributed by atoms with Gasteiger partial charge < -0.3 is 5.32 Å². The first-order valence-electron chi connectivity index (χ1n) is 6.28. The number of likely N-dealkylation sites (N-methyl/N-ethyl adjacent to an activating group) is 1. The molecule has 82 valence electrons. The Bertz CT molecular complexity index is 179. The second-order valence-corrected chi connectivity index (χ2v) is 5.01. The predicted molar refractivity (Wildman–Crippen MR) is 60.5 cm³/mol. The minimum absolute atomic E-state index is 0.765. The van der Waals surface area contributed by atoms with E-state index >= 15 is 0 Å². The summed E-state index contributed by atoms with van der Waals surface area (Å²) in [6, 6.07) is 1.68. The average Bonchev–Trinajstić information content (AvgIpc) is 2.17. The van der Waals surface area contributed by atoms with E-state index in [2.05, 4.69) is 24.1 Å². The van der Waals surface area contributed by atoms with Crippen molar-refractivity contribution in [3.63, 3.8) is 0 Å². The standard InChI is InChI=1S/C12H24N2/c1-3-13-11-5-4-8-14(9-11)12-7-6-10(12)2/h10-13H,3-9H2,1-2H3. The van der Waals surface area contributed by atoms with Crippen molar-refractivity contribution < 1.29 is 0 Å².